The minimum Gasteiger partial charge on any atom is -0.321 e. The molecule has 0 unspecified atom stereocenters. The first-order valence-corrected chi connectivity index (χ1v) is 5.13. The van der Waals surface area contributed by atoms with Crippen molar-refractivity contribution in [3.05, 3.63) is 34.9 Å². The first kappa shape index (κ1) is 11.8. The Labute approximate surface area is 96.0 Å². The van der Waals surface area contributed by atoms with Gasteiger partial charge in [0.1, 0.15) is 0 Å². The topological polar surface area (TPSA) is 26.0 Å². The van der Waals surface area contributed by atoms with Crippen molar-refractivity contribution in [2.45, 2.75) is 31.2 Å². The maximum atomic E-state index is 6.29. The van der Waals surface area contributed by atoms with Crippen molar-refractivity contribution in [1.29, 1.82) is 0 Å². The van der Waals surface area contributed by atoms with Crippen LogP contribution in [0.4, 0.5) is 0 Å². The van der Waals surface area contributed by atoms with Gasteiger partial charge in [-0.2, -0.15) is 0 Å². The molecule has 2 rings (SSSR count). The summed E-state index contributed by atoms with van der Waals surface area (Å²) in [4.78, 5) is 0. The van der Waals surface area contributed by atoms with E-state index in [1.165, 1.54) is 18.4 Å². The Bertz CT molecular complexity index is 289. The molecule has 78 valence electrons. The summed E-state index contributed by atoms with van der Waals surface area (Å²) in [6.45, 7) is 0. The molecule has 0 saturated heterocycles. The molecule has 1 nitrogen and oxygen atoms in total. The Morgan fingerprint density at radius 3 is 2.07 bits per heavy atom. The van der Waals surface area contributed by atoms with Crippen LogP contribution in [-0.4, -0.2) is 0 Å². The SMILES string of the molecule is Cl.NC1(c2ccc(Cl)cc2)CCCC1. The zero-order valence-electron chi connectivity index (χ0n) is 8.00. The van der Waals surface area contributed by atoms with Crippen molar-refractivity contribution in [1.82, 2.24) is 0 Å². The van der Waals surface area contributed by atoms with Crippen molar-refractivity contribution in [2.75, 3.05) is 0 Å². The maximum Gasteiger partial charge on any atom is 0.0409 e. The molecule has 0 spiro atoms. The maximum absolute atomic E-state index is 6.29. The molecule has 1 aromatic rings. The van der Waals surface area contributed by atoms with Gasteiger partial charge in [0.05, 0.1) is 0 Å². The van der Waals surface area contributed by atoms with Crippen molar-refractivity contribution in [2.24, 2.45) is 5.73 Å². The van der Waals surface area contributed by atoms with Crippen LogP contribution in [0.25, 0.3) is 0 Å². The van der Waals surface area contributed by atoms with Gasteiger partial charge in [0, 0.05) is 10.6 Å². The van der Waals surface area contributed by atoms with Gasteiger partial charge in [-0.05, 0) is 30.5 Å². The number of benzene rings is 1. The molecule has 1 aromatic carbocycles. The van der Waals surface area contributed by atoms with Crippen LogP contribution in [0, 0.1) is 0 Å². The van der Waals surface area contributed by atoms with Gasteiger partial charge in [-0.15, -0.1) is 12.4 Å². The predicted octanol–water partition coefficient (Wildman–Crippen LogP) is 3.49. The van der Waals surface area contributed by atoms with Gasteiger partial charge in [-0.25, -0.2) is 0 Å². The Kier molecular flexibility index (Phi) is 3.82. The molecule has 14 heavy (non-hydrogen) atoms. The van der Waals surface area contributed by atoms with Crippen molar-refractivity contribution in [3.8, 4) is 0 Å². The zero-order chi connectivity index (χ0) is 9.31. The van der Waals surface area contributed by atoms with Crippen LogP contribution in [0.2, 0.25) is 5.02 Å². The van der Waals surface area contributed by atoms with E-state index in [1.54, 1.807) is 0 Å². The second-order valence-electron chi connectivity index (χ2n) is 3.87. The average molecular weight is 232 g/mol. The second kappa shape index (κ2) is 4.52. The molecular weight excluding hydrogens is 217 g/mol. The summed E-state index contributed by atoms with van der Waals surface area (Å²) in [5.74, 6) is 0. The molecule has 0 atom stereocenters. The van der Waals surface area contributed by atoms with Crippen LogP contribution in [0.1, 0.15) is 31.2 Å². The van der Waals surface area contributed by atoms with Gasteiger partial charge in [0.15, 0.2) is 0 Å². The van der Waals surface area contributed by atoms with Crippen LogP contribution < -0.4 is 5.73 Å². The summed E-state index contributed by atoms with van der Waals surface area (Å²) in [5, 5.41) is 0.783. The number of rotatable bonds is 1. The summed E-state index contributed by atoms with van der Waals surface area (Å²) in [7, 11) is 0. The highest BCUT2D eigenvalue weighted by Gasteiger charge is 2.30. The lowest BCUT2D eigenvalue weighted by Gasteiger charge is -2.23. The van der Waals surface area contributed by atoms with Crippen molar-refractivity contribution >= 4 is 24.0 Å². The van der Waals surface area contributed by atoms with Crippen LogP contribution in [-0.2, 0) is 5.54 Å². The van der Waals surface area contributed by atoms with Gasteiger partial charge in [-0.1, -0.05) is 36.6 Å². The molecule has 0 aromatic heterocycles. The number of hydrogen-bond acceptors (Lipinski definition) is 1. The van der Waals surface area contributed by atoms with E-state index in [9.17, 15) is 0 Å². The highest BCUT2D eigenvalue weighted by atomic mass is 35.5. The van der Waals surface area contributed by atoms with E-state index < -0.39 is 0 Å². The third-order valence-electron chi connectivity index (χ3n) is 2.91. The predicted molar refractivity (Wildman–Crippen MR) is 63.0 cm³/mol. The molecule has 1 aliphatic rings. The van der Waals surface area contributed by atoms with E-state index in [-0.39, 0.29) is 17.9 Å². The van der Waals surface area contributed by atoms with E-state index in [1.807, 2.05) is 24.3 Å². The molecule has 0 bridgehead atoms. The van der Waals surface area contributed by atoms with Gasteiger partial charge in [0.2, 0.25) is 0 Å². The minimum absolute atomic E-state index is 0. The monoisotopic (exact) mass is 231 g/mol. The highest BCUT2D eigenvalue weighted by Crippen LogP contribution is 2.36. The lowest BCUT2D eigenvalue weighted by molar-refractivity contribution is 0.462. The lowest BCUT2D eigenvalue weighted by atomic mass is 9.90. The fraction of sp³-hybridized carbons (Fsp3) is 0.455. The molecular formula is C11H15Cl2N. The summed E-state index contributed by atoms with van der Waals surface area (Å²) in [6.07, 6.45) is 4.71. The third-order valence-corrected chi connectivity index (χ3v) is 3.17. The number of hydrogen-bond donors (Lipinski definition) is 1. The Balaban J connectivity index is 0.000000980. The molecule has 1 fully saturated rings. The smallest absolute Gasteiger partial charge is 0.0409 e. The van der Waals surface area contributed by atoms with Crippen LogP contribution >= 0.6 is 24.0 Å². The largest absolute Gasteiger partial charge is 0.321 e. The first-order chi connectivity index (χ1) is 6.21. The van der Waals surface area contributed by atoms with E-state index in [0.717, 1.165) is 17.9 Å². The Hall–Kier alpha value is -0.240. The summed E-state index contributed by atoms with van der Waals surface area (Å²) < 4.78 is 0. The highest BCUT2D eigenvalue weighted by molar-refractivity contribution is 6.30. The molecule has 0 aliphatic heterocycles. The van der Waals surface area contributed by atoms with E-state index in [2.05, 4.69) is 0 Å². The third kappa shape index (κ3) is 2.22. The molecule has 2 N–H and O–H groups in total. The second-order valence-corrected chi connectivity index (χ2v) is 4.31. The fourth-order valence-corrected chi connectivity index (χ4v) is 2.20. The molecule has 0 amide bonds. The quantitative estimate of drug-likeness (QED) is 0.787. The van der Waals surface area contributed by atoms with Crippen LogP contribution in [0.15, 0.2) is 24.3 Å². The Morgan fingerprint density at radius 1 is 1.07 bits per heavy atom. The molecule has 3 heteroatoms. The summed E-state index contributed by atoms with van der Waals surface area (Å²) in [5.41, 5.74) is 7.44. The summed E-state index contributed by atoms with van der Waals surface area (Å²) >= 11 is 5.82. The van der Waals surface area contributed by atoms with Crippen LogP contribution in [0.3, 0.4) is 0 Å². The zero-order valence-corrected chi connectivity index (χ0v) is 9.57. The van der Waals surface area contributed by atoms with Gasteiger partial charge in [0.25, 0.3) is 0 Å². The van der Waals surface area contributed by atoms with Crippen LogP contribution in [0.5, 0.6) is 0 Å². The Morgan fingerprint density at radius 2 is 1.57 bits per heavy atom. The molecule has 0 radical (unpaired) electrons. The standard InChI is InChI=1S/C11H14ClN.ClH/c12-10-5-3-9(4-6-10)11(13)7-1-2-8-11;/h3-6H,1-2,7-8,13H2;1H. The van der Waals surface area contributed by atoms with Crippen molar-refractivity contribution in [3.63, 3.8) is 0 Å². The van der Waals surface area contributed by atoms with Gasteiger partial charge < -0.3 is 5.73 Å². The lowest BCUT2D eigenvalue weighted by Crippen LogP contribution is -2.32. The van der Waals surface area contributed by atoms with E-state index in [0.29, 0.717) is 0 Å². The number of halogens is 2. The van der Waals surface area contributed by atoms with E-state index in [4.69, 9.17) is 17.3 Å². The minimum atomic E-state index is -0.0788. The molecule has 1 aliphatic carbocycles. The molecule has 0 heterocycles. The average Bonchev–Trinajstić information content (AvgIpc) is 2.54. The van der Waals surface area contributed by atoms with Crippen molar-refractivity contribution < 1.29 is 0 Å². The van der Waals surface area contributed by atoms with Gasteiger partial charge >= 0.3 is 0 Å². The fourth-order valence-electron chi connectivity index (χ4n) is 2.08. The normalized spacial score (nSPS) is 19.0. The molecule has 1 saturated carbocycles. The summed E-state index contributed by atoms with van der Waals surface area (Å²) in [6, 6.07) is 7.94. The number of nitrogens with two attached hydrogens (primary N) is 1. The van der Waals surface area contributed by atoms with E-state index >= 15 is 0 Å². The van der Waals surface area contributed by atoms with Gasteiger partial charge in [-0.3, -0.25) is 0 Å². The first-order valence-electron chi connectivity index (χ1n) is 4.76.